The molecule has 23 heavy (non-hydrogen) atoms. The van der Waals surface area contributed by atoms with Crippen LogP contribution < -0.4 is 4.72 Å². The normalized spacial score (nSPS) is 13.5. The second-order valence-corrected chi connectivity index (χ2v) is 8.66. The number of hydrogen-bond acceptors (Lipinski definition) is 3. The summed E-state index contributed by atoms with van der Waals surface area (Å²) < 4.78 is 29.7. The fourth-order valence-electron chi connectivity index (χ4n) is 2.80. The smallest absolute Gasteiger partial charge is 0.250 e. The minimum Gasteiger partial charge on any atom is -0.350 e. The highest BCUT2D eigenvalue weighted by atomic mass is 32.2. The fourth-order valence-corrected chi connectivity index (χ4v) is 5.08. The van der Waals surface area contributed by atoms with E-state index in [4.69, 9.17) is 0 Å². The zero-order valence-electron chi connectivity index (χ0n) is 13.2. The van der Waals surface area contributed by atoms with Crippen molar-refractivity contribution in [3.63, 3.8) is 0 Å². The zero-order valence-corrected chi connectivity index (χ0v) is 14.8. The number of benzene rings is 1. The highest BCUT2D eigenvalue weighted by Gasteiger charge is 2.18. The Kier molecular flexibility index (Phi) is 4.57. The van der Waals surface area contributed by atoms with Gasteiger partial charge in [0.25, 0.3) is 0 Å². The van der Waals surface area contributed by atoms with E-state index in [0.29, 0.717) is 4.21 Å². The van der Waals surface area contributed by atoms with Gasteiger partial charge in [-0.15, -0.1) is 11.3 Å². The second-order valence-electron chi connectivity index (χ2n) is 5.78. The van der Waals surface area contributed by atoms with Gasteiger partial charge in [-0.2, -0.15) is 0 Å². The summed E-state index contributed by atoms with van der Waals surface area (Å²) in [5.41, 5.74) is 2.46. The molecule has 0 aliphatic carbocycles. The van der Waals surface area contributed by atoms with Crippen molar-refractivity contribution in [2.75, 3.05) is 0 Å². The van der Waals surface area contributed by atoms with Crippen LogP contribution in [0.4, 0.5) is 0 Å². The van der Waals surface area contributed by atoms with Crippen LogP contribution in [0.5, 0.6) is 0 Å². The van der Waals surface area contributed by atoms with Gasteiger partial charge >= 0.3 is 0 Å². The Morgan fingerprint density at radius 2 is 2.00 bits per heavy atom. The molecule has 0 bridgehead atoms. The molecular weight excluding hydrogens is 328 g/mol. The summed E-state index contributed by atoms with van der Waals surface area (Å²) in [5, 5.41) is 3.01. The number of fused-ring (bicyclic) bond motifs is 1. The third-order valence-electron chi connectivity index (χ3n) is 3.94. The lowest BCUT2D eigenvalue weighted by atomic mass is 10.1. The molecular formula is C17H20N2O2S2. The van der Waals surface area contributed by atoms with Crippen molar-refractivity contribution in [3.05, 3.63) is 53.5 Å². The molecule has 2 aromatic heterocycles. The molecule has 6 heteroatoms. The third-order valence-corrected chi connectivity index (χ3v) is 6.93. The highest BCUT2D eigenvalue weighted by molar-refractivity contribution is 7.91. The molecule has 3 aromatic rings. The Hall–Kier alpha value is -1.63. The number of nitrogens with one attached hydrogen (secondary N) is 1. The van der Waals surface area contributed by atoms with E-state index in [-0.39, 0.29) is 6.04 Å². The maximum atomic E-state index is 12.2. The lowest BCUT2D eigenvalue weighted by Crippen LogP contribution is -2.32. The molecule has 0 fully saturated rings. The van der Waals surface area contributed by atoms with Crippen molar-refractivity contribution in [1.29, 1.82) is 0 Å². The van der Waals surface area contributed by atoms with Crippen LogP contribution in [0.15, 0.2) is 52.2 Å². The Morgan fingerprint density at radius 1 is 1.22 bits per heavy atom. The number of hydrogen-bond donors (Lipinski definition) is 1. The number of aryl methyl sites for hydroxylation is 2. The molecule has 0 unspecified atom stereocenters. The van der Waals surface area contributed by atoms with E-state index < -0.39 is 10.0 Å². The summed E-state index contributed by atoms with van der Waals surface area (Å²) in [7, 11) is -1.36. The summed E-state index contributed by atoms with van der Waals surface area (Å²) in [5.74, 6) is 0. The van der Waals surface area contributed by atoms with E-state index in [1.165, 1.54) is 27.8 Å². The monoisotopic (exact) mass is 348 g/mol. The van der Waals surface area contributed by atoms with E-state index in [0.717, 1.165) is 12.8 Å². The first-order valence-electron chi connectivity index (χ1n) is 7.56. The van der Waals surface area contributed by atoms with Crippen molar-refractivity contribution in [2.45, 2.75) is 30.0 Å². The predicted octanol–water partition coefficient (Wildman–Crippen LogP) is 3.54. The first kappa shape index (κ1) is 16.2. The minimum absolute atomic E-state index is 0.110. The number of aromatic nitrogens is 1. The summed E-state index contributed by atoms with van der Waals surface area (Å²) in [4.78, 5) is 0. The Labute approximate surface area is 140 Å². The lowest BCUT2D eigenvalue weighted by Gasteiger charge is -2.13. The van der Waals surface area contributed by atoms with Gasteiger partial charge < -0.3 is 4.57 Å². The number of para-hydroxylation sites is 1. The maximum absolute atomic E-state index is 12.2. The third kappa shape index (κ3) is 3.49. The molecule has 122 valence electrons. The van der Waals surface area contributed by atoms with Crippen LogP contribution in [0.1, 0.15) is 18.9 Å². The quantitative estimate of drug-likeness (QED) is 0.741. The number of thiophene rings is 1. The van der Waals surface area contributed by atoms with Crippen molar-refractivity contribution in [3.8, 4) is 0 Å². The largest absolute Gasteiger partial charge is 0.350 e. The molecule has 1 N–H and O–H groups in total. The van der Waals surface area contributed by atoms with Crippen molar-refractivity contribution in [2.24, 2.45) is 7.05 Å². The van der Waals surface area contributed by atoms with Gasteiger partial charge in [0.15, 0.2) is 0 Å². The molecule has 1 atom stereocenters. The average Bonchev–Trinajstić information content (AvgIpc) is 3.14. The molecule has 0 saturated carbocycles. The van der Waals surface area contributed by atoms with Crippen LogP contribution in [0.25, 0.3) is 10.9 Å². The molecule has 0 aliphatic heterocycles. The van der Waals surface area contributed by atoms with Gasteiger partial charge in [0.1, 0.15) is 4.21 Å². The Balaban J connectivity index is 1.68. The molecule has 1 aromatic carbocycles. The molecule has 0 radical (unpaired) electrons. The van der Waals surface area contributed by atoms with Crippen LogP contribution in [-0.4, -0.2) is 19.0 Å². The van der Waals surface area contributed by atoms with Crippen molar-refractivity contribution < 1.29 is 8.42 Å². The van der Waals surface area contributed by atoms with E-state index in [9.17, 15) is 8.42 Å². The number of sulfonamides is 1. The standard InChI is InChI=1S/C17H20N2O2S2/c1-13(18-23(20,21)17-8-5-11-22-17)9-10-14-12-19(2)16-7-4-3-6-15(14)16/h3-8,11-13,18H,9-10H2,1-2H3/t13-/m0/s1. The van der Waals surface area contributed by atoms with Gasteiger partial charge in [0.2, 0.25) is 10.0 Å². The van der Waals surface area contributed by atoms with Crippen LogP contribution in [-0.2, 0) is 23.5 Å². The maximum Gasteiger partial charge on any atom is 0.250 e. The van der Waals surface area contributed by atoms with Crippen LogP contribution in [0.2, 0.25) is 0 Å². The van der Waals surface area contributed by atoms with Gasteiger partial charge in [-0.3, -0.25) is 0 Å². The van der Waals surface area contributed by atoms with Crippen LogP contribution in [0, 0.1) is 0 Å². The molecule has 0 spiro atoms. The van der Waals surface area contributed by atoms with Gasteiger partial charge in [-0.25, -0.2) is 13.1 Å². The van der Waals surface area contributed by atoms with Gasteiger partial charge in [0, 0.05) is 30.2 Å². The summed E-state index contributed by atoms with van der Waals surface area (Å²) >= 11 is 1.24. The van der Waals surface area contributed by atoms with Crippen molar-refractivity contribution in [1.82, 2.24) is 9.29 Å². The Bertz CT molecular complexity index is 896. The SMILES string of the molecule is C[C@@H](CCc1cn(C)c2ccccc12)NS(=O)(=O)c1cccs1. The van der Waals surface area contributed by atoms with Gasteiger partial charge in [0.05, 0.1) is 0 Å². The summed E-state index contributed by atoms with van der Waals surface area (Å²) in [6, 6.07) is 11.6. The van der Waals surface area contributed by atoms with E-state index in [1.807, 2.05) is 26.1 Å². The molecule has 0 amide bonds. The summed E-state index contributed by atoms with van der Waals surface area (Å²) in [6.07, 6.45) is 3.74. The van der Waals surface area contributed by atoms with Crippen LogP contribution in [0.3, 0.4) is 0 Å². The molecule has 0 aliphatic rings. The first-order chi connectivity index (χ1) is 11.0. The van der Waals surface area contributed by atoms with Gasteiger partial charge in [-0.05, 0) is 42.8 Å². The predicted molar refractivity (Wildman–Crippen MR) is 95.3 cm³/mol. The summed E-state index contributed by atoms with van der Waals surface area (Å²) in [6.45, 7) is 1.91. The van der Waals surface area contributed by atoms with Crippen LogP contribution >= 0.6 is 11.3 Å². The molecule has 2 heterocycles. The average molecular weight is 348 g/mol. The molecule has 0 saturated heterocycles. The lowest BCUT2D eigenvalue weighted by molar-refractivity contribution is 0.549. The second kappa shape index (κ2) is 6.47. The van der Waals surface area contributed by atoms with E-state index >= 15 is 0 Å². The van der Waals surface area contributed by atoms with E-state index in [1.54, 1.807) is 17.5 Å². The zero-order chi connectivity index (χ0) is 16.4. The topological polar surface area (TPSA) is 51.1 Å². The van der Waals surface area contributed by atoms with Gasteiger partial charge in [-0.1, -0.05) is 24.3 Å². The minimum atomic E-state index is -3.39. The first-order valence-corrected chi connectivity index (χ1v) is 9.92. The molecule has 4 nitrogen and oxygen atoms in total. The number of nitrogens with zero attached hydrogens (tertiary/aromatic N) is 1. The van der Waals surface area contributed by atoms with Crippen molar-refractivity contribution >= 4 is 32.3 Å². The Morgan fingerprint density at radius 3 is 2.74 bits per heavy atom. The highest BCUT2D eigenvalue weighted by Crippen LogP contribution is 2.22. The number of rotatable bonds is 6. The van der Waals surface area contributed by atoms with E-state index in [2.05, 4.69) is 27.6 Å². The molecule has 3 rings (SSSR count). The fraction of sp³-hybridized carbons (Fsp3) is 0.294.